The Morgan fingerprint density at radius 2 is 2.29 bits per heavy atom. The van der Waals surface area contributed by atoms with E-state index in [1.165, 1.54) is 13.2 Å². The highest BCUT2D eigenvalue weighted by Gasteiger charge is 2.05. The fourth-order valence-corrected chi connectivity index (χ4v) is 1.42. The molecule has 0 radical (unpaired) electrons. The van der Waals surface area contributed by atoms with E-state index in [-0.39, 0.29) is 11.7 Å². The van der Waals surface area contributed by atoms with E-state index < -0.39 is 5.82 Å². The van der Waals surface area contributed by atoms with Crippen molar-refractivity contribution in [2.45, 2.75) is 12.8 Å². The maximum atomic E-state index is 13.1. The van der Waals surface area contributed by atoms with Gasteiger partial charge in [-0.1, -0.05) is 6.07 Å². The first kappa shape index (κ1) is 13.4. The molecule has 1 aromatic rings. The van der Waals surface area contributed by atoms with Crippen LogP contribution in [0.5, 0.6) is 5.75 Å². The van der Waals surface area contributed by atoms with Crippen LogP contribution in [0.1, 0.15) is 12.0 Å². The summed E-state index contributed by atoms with van der Waals surface area (Å²) in [6.07, 6.45) is 0.905. The standard InChI is InChI=1S/C12H17FN2O2/c1-17-11-8-9(2-4-10(11)13)3-5-12(16)15-7-6-14/h2,4,8H,3,5-7,14H2,1H3,(H,15,16). The lowest BCUT2D eigenvalue weighted by atomic mass is 10.1. The Morgan fingerprint density at radius 3 is 2.94 bits per heavy atom. The third-order valence-electron chi connectivity index (χ3n) is 2.32. The maximum Gasteiger partial charge on any atom is 0.220 e. The van der Waals surface area contributed by atoms with Crippen LogP contribution in [0.25, 0.3) is 0 Å². The lowest BCUT2D eigenvalue weighted by Crippen LogP contribution is -2.29. The molecule has 5 heteroatoms. The summed E-state index contributed by atoms with van der Waals surface area (Å²) in [5.74, 6) is -0.257. The summed E-state index contributed by atoms with van der Waals surface area (Å²) >= 11 is 0. The highest BCUT2D eigenvalue weighted by atomic mass is 19.1. The van der Waals surface area contributed by atoms with Crippen molar-refractivity contribution in [1.29, 1.82) is 0 Å². The number of nitrogens with one attached hydrogen (secondary N) is 1. The Labute approximate surface area is 100.0 Å². The number of rotatable bonds is 6. The molecule has 0 aromatic heterocycles. The highest BCUT2D eigenvalue weighted by Crippen LogP contribution is 2.18. The second-order valence-electron chi connectivity index (χ2n) is 3.61. The second kappa shape index (κ2) is 6.85. The van der Waals surface area contributed by atoms with Gasteiger partial charge in [0.25, 0.3) is 0 Å². The molecule has 0 atom stereocenters. The first-order valence-electron chi connectivity index (χ1n) is 5.46. The van der Waals surface area contributed by atoms with Crippen molar-refractivity contribution < 1.29 is 13.9 Å². The van der Waals surface area contributed by atoms with E-state index in [9.17, 15) is 9.18 Å². The van der Waals surface area contributed by atoms with Crippen LogP contribution in [0.2, 0.25) is 0 Å². The van der Waals surface area contributed by atoms with Crippen LogP contribution >= 0.6 is 0 Å². The number of hydrogen-bond donors (Lipinski definition) is 2. The number of hydrogen-bond acceptors (Lipinski definition) is 3. The normalized spacial score (nSPS) is 10.1. The predicted molar refractivity (Wildman–Crippen MR) is 63.3 cm³/mol. The molecule has 0 saturated carbocycles. The monoisotopic (exact) mass is 240 g/mol. The molecule has 0 aliphatic rings. The zero-order valence-electron chi connectivity index (χ0n) is 9.83. The van der Waals surface area contributed by atoms with E-state index in [4.69, 9.17) is 10.5 Å². The minimum atomic E-state index is -0.399. The van der Waals surface area contributed by atoms with Gasteiger partial charge in [-0.3, -0.25) is 4.79 Å². The topological polar surface area (TPSA) is 64.3 Å². The van der Waals surface area contributed by atoms with Crippen molar-refractivity contribution >= 4 is 5.91 Å². The molecule has 94 valence electrons. The lowest BCUT2D eigenvalue weighted by molar-refractivity contribution is -0.120. The Bertz CT molecular complexity index is 383. The number of ether oxygens (including phenoxy) is 1. The minimum Gasteiger partial charge on any atom is -0.494 e. The van der Waals surface area contributed by atoms with E-state index in [1.54, 1.807) is 12.1 Å². The summed E-state index contributed by atoms with van der Waals surface area (Å²) in [7, 11) is 1.41. The molecule has 4 nitrogen and oxygen atoms in total. The highest BCUT2D eigenvalue weighted by molar-refractivity contribution is 5.76. The Hall–Kier alpha value is -1.62. The molecule has 0 aliphatic carbocycles. The van der Waals surface area contributed by atoms with Crippen LogP contribution in [-0.2, 0) is 11.2 Å². The molecule has 1 aromatic carbocycles. The summed E-state index contributed by atoms with van der Waals surface area (Å²) < 4.78 is 18.0. The first-order chi connectivity index (χ1) is 8.17. The lowest BCUT2D eigenvalue weighted by Gasteiger charge is -2.06. The number of benzene rings is 1. The molecular formula is C12H17FN2O2. The van der Waals surface area contributed by atoms with Crippen molar-refractivity contribution in [3.63, 3.8) is 0 Å². The van der Waals surface area contributed by atoms with Crippen molar-refractivity contribution in [3.05, 3.63) is 29.6 Å². The predicted octanol–water partition coefficient (Wildman–Crippen LogP) is 0.842. The van der Waals surface area contributed by atoms with Crippen molar-refractivity contribution in [2.75, 3.05) is 20.2 Å². The second-order valence-corrected chi connectivity index (χ2v) is 3.61. The van der Waals surface area contributed by atoms with Crippen LogP contribution < -0.4 is 15.8 Å². The third kappa shape index (κ3) is 4.40. The summed E-state index contributed by atoms with van der Waals surface area (Å²) in [5, 5.41) is 2.67. The van der Waals surface area contributed by atoms with Crippen LogP contribution in [0.4, 0.5) is 4.39 Å². The van der Waals surface area contributed by atoms with Crippen molar-refractivity contribution in [1.82, 2.24) is 5.32 Å². The van der Waals surface area contributed by atoms with Crippen LogP contribution in [-0.4, -0.2) is 26.1 Å². The SMILES string of the molecule is COc1cc(CCC(=O)NCCN)ccc1F. The number of carbonyl (C=O) groups is 1. The zero-order chi connectivity index (χ0) is 12.7. The maximum absolute atomic E-state index is 13.1. The molecule has 0 fully saturated rings. The molecule has 0 bridgehead atoms. The molecule has 1 amide bonds. The molecule has 0 saturated heterocycles. The number of amides is 1. The van der Waals surface area contributed by atoms with E-state index >= 15 is 0 Å². The van der Waals surface area contributed by atoms with Crippen LogP contribution in [0, 0.1) is 5.82 Å². The summed E-state index contributed by atoms with van der Waals surface area (Å²) in [6.45, 7) is 0.904. The van der Waals surface area contributed by atoms with Crippen molar-refractivity contribution in [3.8, 4) is 5.75 Å². The number of halogens is 1. The smallest absolute Gasteiger partial charge is 0.220 e. The molecule has 1 rings (SSSR count). The Balaban J connectivity index is 2.49. The van der Waals surface area contributed by atoms with Gasteiger partial charge in [-0.15, -0.1) is 0 Å². The zero-order valence-corrected chi connectivity index (χ0v) is 9.83. The van der Waals surface area contributed by atoms with E-state index in [1.807, 2.05) is 0 Å². The molecule has 0 unspecified atom stereocenters. The number of nitrogens with two attached hydrogens (primary N) is 1. The van der Waals surface area contributed by atoms with E-state index in [2.05, 4.69) is 5.32 Å². The molecule has 3 N–H and O–H groups in total. The first-order valence-corrected chi connectivity index (χ1v) is 5.46. The fourth-order valence-electron chi connectivity index (χ4n) is 1.42. The van der Waals surface area contributed by atoms with Gasteiger partial charge < -0.3 is 15.8 Å². The quantitative estimate of drug-likeness (QED) is 0.774. The summed E-state index contributed by atoms with van der Waals surface area (Å²) in [4.78, 5) is 11.3. The van der Waals surface area contributed by atoms with E-state index in [0.29, 0.717) is 25.9 Å². The van der Waals surface area contributed by atoms with Gasteiger partial charge in [0.05, 0.1) is 7.11 Å². The largest absolute Gasteiger partial charge is 0.494 e. The molecule has 0 aliphatic heterocycles. The van der Waals surface area contributed by atoms with Gasteiger partial charge in [0.2, 0.25) is 5.91 Å². The number of aryl methyl sites for hydroxylation is 1. The third-order valence-corrected chi connectivity index (χ3v) is 2.32. The van der Waals surface area contributed by atoms with Crippen LogP contribution in [0.3, 0.4) is 0 Å². The van der Waals surface area contributed by atoms with Gasteiger partial charge in [0, 0.05) is 19.5 Å². The minimum absolute atomic E-state index is 0.0567. The molecule has 0 heterocycles. The van der Waals surface area contributed by atoms with Crippen molar-refractivity contribution in [2.24, 2.45) is 5.73 Å². The van der Waals surface area contributed by atoms with Gasteiger partial charge in [-0.25, -0.2) is 4.39 Å². The average molecular weight is 240 g/mol. The van der Waals surface area contributed by atoms with Gasteiger partial charge in [-0.2, -0.15) is 0 Å². The molecular weight excluding hydrogens is 223 g/mol. The average Bonchev–Trinajstić information content (AvgIpc) is 2.35. The molecule has 0 spiro atoms. The van der Waals surface area contributed by atoms with E-state index in [0.717, 1.165) is 5.56 Å². The van der Waals surface area contributed by atoms with Gasteiger partial charge in [0.15, 0.2) is 11.6 Å². The van der Waals surface area contributed by atoms with Gasteiger partial charge in [-0.05, 0) is 24.1 Å². The number of methoxy groups -OCH3 is 1. The number of carbonyl (C=O) groups excluding carboxylic acids is 1. The summed E-state index contributed by atoms with van der Waals surface area (Å²) in [5.41, 5.74) is 6.13. The van der Waals surface area contributed by atoms with Gasteiger partial charge in [0.1, 0.15) is 0 Å². The Kier molecular flexibility index (Phi) is 5.42. The summed E-state index contributed by atoms with van der Waals surface area (Å²) in [6, 6.07) is 4.59. The fraction of sp³-hybridized carbons (Fsp3) is 0.417. The van der Waals surface area contributed by atoms with Gasteiger partial charge >= 0.3 is 0 Å². The molecule has 17 heavy (non-hydrogen) atoms. The Morgan fingerprint density at radius 1 is 1.53 bits per heavy atom. The van der Waals surface area contributed by atoms with Crippen LogP contribution in [0.15, 0.2) is 18.2 Å².